The third kappa shape index (κ3) is 4.59. The highest BCUT2D eigenvalue weighted by atomic mass is 79.9. The maximum atomic E-state index is 12.9. The van der Waals surface area contributed by atoms with E-state index in [1.165, 1.54) is 6.08 Å². The van der Waals surface area contributed by atoms with Crippen LogP contribution in [0.5, 0.6) is 5.75 Å². The Labute approximate surface area is 197 Å². The number of nitrogens with zero attached hydrogens (tertiary/aromatic N) is 1. The largest absolute Gasteiger partial charge is 0.488 e. The molecular formula is C24H16BrClN2O4. The molecule has 32 heavy (non-hydrogen) atoms. The van der Waals surface area contributed by atoms with Gasteiger partial charge < -0.3 is 4.74 Å². The Hall–Kier alpha value is -3.42. The molecule has 1 saturated heterocycles. The maximum Gasteiger partial charge on any atom is 0.335 e. The van der Waals surface area contributed by atoms with E-state index in [2.05, 4.69) is 21.2 Å². The van der Waals surface area contributed by atoms with Crippen molar-refractivity contribution in [3.8, 4) is 5.75 Å². The van der Waals surface area contributed by atoms with Crippen molar-refractivity contribution in [1.82, 2.24) is 5.32 Å². The molecule has 0 radical (unpaired) electrons. The molecule has 1 N–H and O–H groups in total. The van der Waals surface area contributed by atoms with Crippen LogP contribution in [0.4, 0.5) is 10.5 Å². The van der Waals surface area contributed by atoms with Gasteiger partial charge in [-0.3, -0.25) is 14.9 Å². The quantitative estimate of drug-likeness (QED) is 0.370. The van der Waals surface area contributed by atoms with Crippen molar-refractivity contribution in [2.45, 2.75) is 6.61 Å². The van der Waals surface area contributed by atoms with Crippen molar-refractivity contribution < 1.29 is 19.1 Å². The molecule has 3 aromatic rings. The van der Waals surface area contributed by atoms with Crippen molar-refractivity contribution in [2.75, 3.05) is 4.90 Å². The summed E-state index contributed by atoms with van der Waals surface area (Å²) in [6.45, 7) is 0.285. The van der Waals surface area contributed by atoms with Crippen LogP contribution in [0.1, 0.15) is 11.1 Å². The molecule has 0 spiro atoms. The van der Waals surface area contributed by atoms with Crippen LogP contribution < -0.4 is 15.0 Å². The summed E-state index contributed by atoms with van der Waals surface area (Å²) < 4.78 is 6.47. The van der Waals surface area contributed by atoms with Crippen molar-refractivity contribution in [1.29, 1.82) is 0 Å². The van der Waals surface area contributed by atoms with Gasteiger partial charge in [0.2, 0.25) is 0 Å². The van der Waals surface area contributed by atoms with E-state index < -0.39 is 17.8 Å². The Morgan fingerprint density at radius 3 is 2.41 bits per heavy atom. The number of anilines is 1. The van der Waals surface area contributed by atoms with Gasteiger partial charge in [-0.05, 0) is 57.9 Å². The first-order chi connectivity index (χ1) is 15.4. The Morgan fingerprint density at radius 2 is 1.69 bits per heavy atom. The monoisotopic (exact) mass is 510 g/mol. The number of carbonyl (C=O) groups excluding carboxylic acids is 3. The number of barbiturate groups is 1. The molecule has 6 nitrogen and oxygen atoms in total. The van der Waals surface area contributed by atoms with Crippen LogP contribution in [0.3, 0.4) is 0 Å². The normalized spacial score (nSPS) is 15.1. The molecule has 3 aromatic carbocycles. The number of halogens is 2. The number of rotatable bonds is 5. The minimum Gasteiger partial charge on any atom is -0.488 e. The van der Waals surface area contributed by atoms with Gasteiger partial charge in [0.25, 0.3) is 11.8 Å². The Bertz CT molecular complexity index is 1240. The highest BCUT2D eigenvalue weighted by molar-refractivity contribution is 9.10. The van der Waals surface area contributed by atoms with Gasteiger partial charge >= 0.3 is 6.03 Å². The predicted molar refractivity (Wildman–Crippen MR) is 125 cm³/mol. The topological polar surface area (TPSA) is 75.7 Å². The minimum absolute atomic E-state index is 0.148. The summed E-state index contributed by atoms with van der Waals surface area (Å²) in [6.07, 6.45) is 1.43. The number of urea groups is 1. The van der Waals surface area contributed by atoms with Gasteiger partial charge in [-0.2, -0.15) is 0 Å². The lowest BCUT2D eigenvalue weighted by Crippen LogP contribution is -2.54. The van der Waals surface area contributed by atoms with E-state index in [1.54, 1.807) is 54.6 Å². The number of hydrogen-bond acceptors (Lipinski definition) is 4. The Morgan fingerprint density at radius 1 is 0.969 bits per heavy atom. The third-order valence-corrected chi connectivity index (χ3v) is 5.71. The van der Waals surface area contributed by atoms with Crippen molar-refractivity contribution in [2.24, 2.45) is 0 Å². The van der Waals surface area contributed by atoms with Gasteiger partial charge in [-0.15, -0.1) is 0 Å². The highest BCUT2D eigenvalue weighted by Gasteiger charge is 2.36. The molecule has 4 rings (SSSR count). The second-order valence-corrected chi connectivity index (χ2v) is 8.12. The van der Waals surface area contributed by atoms with Gasteiger partial charge in [-0.25, -0.2) is 9.69 Å². The van der Waals surface area contributed by atoms with E-state index in [4.69, 9.17) is 16.3 Å². The maximum absolute atomic E-state index is 12.9. The lowest BCUT2D eigenvalue weighted by atomic mass is 10.1. The molecule has 1 heterocycles. The number of imide groups is 2. The molecule has 160 valence electrons. The van der Waals surface area contributed by atoms with Crippen LogP contribution in [0, 0.1) is 0 Å². The standard InChI is InChI=1S/C24H16BrClN2O4/c25-19-13-15(10-11-21(19)32-14-16-6-4-5-9-20(16)26)12-18-22(29)27-24(31)28(23(18)30)17-7-2-1-3-8-17/h1-13H,14H2,(H,27,29,31)/b18-12+. The molecule has 0 aromatic heterocycles. The van der Waals surface area contributed by atoms with Gasteiger partial charge in [-0.1, -0.05) is 54.1 Å². The van der Waals surface area contributed by atoms with Crippen molar-refractivity contribution >= 4 is 57.1 Å². The zero-order valence-corrected chi connectivity index (χ0v) is 18.9. The third-order valence-electron chi connectivity index (χ3n) is 4.72. The first kappa shape index (κ1) is 21.8. The van der Waals surface area contributed by atoms with Crippen LogP contribution in [0.25, 0.3) is 6.08 Å². The summed E-state index contributed by atoms with van der Waals surface area (Å²) in [5.74, 6) is -0.866. The average molecular weight is 512 g/mol. The zero-order valence-electron chi connectivity index (χ0n) is 16.5. The number of hydrogen-bond donors (Lipinski definition) is 1. The van der Waals surface area contributed by atoms with Crippen molar-refractivity contribution in [3.05, 3.63) is 99.0 Å². The fourth-order valence-electron chi connectivity index (χ4n) is 3.13. The molecule has 1 fully saturated rings. The average Bonchev–Trinajstić information content (AvgIpc) is 2.78. The molecular weight excluding hydrogens is 496 g/mol. The van der Waals surface area contributed by atoms with Crippen LogP contribution in [0.15, 0.2) is 82.8 Å². The number of nitrogens with one attached hydrogen (secondary N) is 1. The van der Waals surface area contributed by atoms with E-state index in [0.29, 0.717) is 26.5 Å². The van der Waals surface area contributed by atoms with Gasteiger partial charge in [0, 0.05) is 10.6 Å². The van der Waals surface area contributed by atoms with Crippen molar-refractivity contribution in [3.63, 3.8) is 0 Å². The summed E-state index contributed by atoms with van der Waals surface area (Å²) in [5.41, 5.74) is 1.66. The zero-order chi connectivity index (χ0) is 22.7. The molecule has 4 amide bonds. The molecule has 8 heteroatoms. The smallest absolute Gasteiger partial charge is 0.335 e. The summed E-state index contributed by atoms with van der Waals surface area (Å²) in [5, 5.41) is 2.82. The number of benzene rings is 3. The number of amides is 4. The van der Waals surface area contributed by atoms with Crippen LogP contribution >= 0.6 is 27.5 Å². The van der Waals surface area contributed by atoms with Gasteiger partial charge in [0.1, 0.15) is 17.9 Å². The number of ether oxygens (including phenoxy) is 1. The SMILES string of the molecule is O=C1NC(=O)N(c2ccccc2)C(=O)/C1=C/c1ccc(OCc2ccccc2Cl)c(Br)c1. The lowest BCUT2D eigenvalue weighted by molar-refractivity contribution is -0.122. The first-order valence-electron chi connectivity index (χ1n) is 9.56. The van der Waals surface area contributed by atoms with Crippen LogP contribution in [-0.4, -0.2) is 17.8 Å². The molecule has 0 bridgehead atoms. The summed E-state index contributed by atoms with van der Waals surface area (Å²) >= 11 is 9.62. The number of para-hydroxylation sites is 1. The van der Waals surface area contributed by atoms with E-state index in [0.717, 1.165) is 10.5 Å². The second-order valence-electron chi connectivity index (χ2n) is 6.86. The van der Waals surface area contributed by atoms with Crippen LogP contribution in [-0.2, 0) is 16.2 Å². The van der Waals surface area contributed by atoms with Crippen LogP contribution in [0.2, 0.25) is 5.02 Å². The fraction of sp³-hybridized carbons (Fsp3) is 0.0417. The van der Waals surface area contributed by atoms with E-state index in [-0.39, 0.29) is 12.2 Å². The van der Waals surface area contributed by atoms with Gasteiger partial charge in [0.15, 0.2) is 0 Å². The Balaban J connectivity index is 1.56. The molecule has 0 unspecified atom stereocenters. The summed E-state index contributed by atoms with van der Waals surface area (Å²) in [7, 11) is 0. The molecule has 1 aliphatic rings. The Kier molecular flexibility index (Phi) is 6.39. The molecule has 0 aliphatic carbocycles. The number of carbonyl (C=O) groups is 3. The van der Waals surface area contributed by atoms with E-state index in [9.17, 15) is 14.4 Å². The lowest BCUT2D eigenvalue weighted by Gasteiger charge is -2.26. The highest BCUT2D eigenvalue weighted by Crippen LogP contribution is 2.29. The minimum atomic E-state index is -0.784. The van der Waals surface area contributed by atoms with Gasteiger partial charge in [0.05, 0.1) is 10.2 Å². The fourth-order valence-corrected chi connectivity index (χ4v) is 3.83. The summed E-state index contributed by atoms with van der Waals surface area (Å²) in [6, 6.07) is 20.2. The first-order valence-corrected chi connectivity index (χ1v) is 10.7. The molecule has 1 aliphatic heterocycles. The van der Waals surface area contributed by atoms with E-state index in [1.807, 2.05) is 18.2 Å². The molecule has 0 atom stereocenters. The summed E-state index contributed by atoms with van der Waals surface area (Å²) in [4.78, 5) is 38.4. The molecule has 0 saturated carbocycles. The van der Waals surface area contributed by atoms with E-state index >= 15 is 0 Å². The second kappa shape index (κ2) is 9.38. The predicted octanol–water partition coefficient (Wildman–Crippen LogP) is 5.35.